The lowest BCUT2D eigenvalue weighted by atomic mass is 10.0. The van der Waals surface area contributed by atoms with Crippen LogP contribution in [0.2, 0.25) is 0 Å². The molecule has 0 saturated carbocycles. The zero-order valence-electron chi connectivity index (χ0n) is 10.3. The smallest absolute Gasteiger partial charge is 0.280 e. The van der Waals surface area contributed by atoms with E-state index in [1.54, 1.807) is 6.92 Å². The van der Waals surface area contributed by atoms with Gasteiger partial charge in [-0.05, 0) is 24.5 Å². The molecule has 0 spiro atoms. The van der Waals surface area contributed by atoms with E-state index in [2.05, 4.69) is 4.72 Å². The molecule has 0 saturated heterocycles. The second-order valence-corrected chi connectivity index (χ2v) is 6.26. The number of fused-ring (bicyclic) bond motifs is 1. The van der Waals surface area contributed by atoms with Gasteiger partial charge in [0.25, 0.3) is 10.2 Å². The van der Waals surface area contributed by atoms with Crippen molar-refractivity contribution in [3.05, 3.63) is 35.4 Å². The Bertz CT molecular complexity index is 516. The highest BCUT2D eigenvalue weighted by Crippen LogP contribution is 2.20. The Labute approximate surface area is 108 Å². The number of hydrogen-bond donors (Lipinski definition) is 2. The molecule has 0 aromatic heterocycles. The SMILES string of the molecule is C[C@H](CO)NS(=O)(=O)N1CCc2ccccc2C1. The summed E-state index contributed by atoms with van der Waals surface area (Å²) in [5, 5.41) is 8.91. The highest BCUT2D eigenvalue weighted by atomic mass is 32.2. The van der Waals surface area contributed by atoms with Crippen LogP contribution in [0.3, 0.4) is 0 Å². The lowest BCUT2D eigenvalue weighted by molar-refractivity contribution is 0.261. The standard InChI is InChI=1S/C12H18N2O3S/c1-10(9-15)13-18(16,17)14-7-6-11-4-2-3-5-12(11)8-14/h2-5,10,13,15H,6-9H2,1H3/t10-/m1/s1. The molecule has 1 aromatic carbocycles. The summed E-state index contributed by atoms with van der Waals surface area (Å²) in [6.45, 7) is 2.30. The van der Waals surface area contributed by atoms with Crippen molar-refractivity contribution in [2.24, 2.45) is 0 Å². The van der Waals surface area contributed by atoms with Crippen molar-refractivity contribution in [2.75, 3.05) is 13.2 Å². The number of aliphatic hydroxyl groups excluding tert-OH is 1. The van der Waals surface area contributed by atoms with Gasteiger partial charge < -0.3 is 5.11 Å². The minimum Gasteiger partial charge on any atom is -0.395 e. The lowest BCUT2D eigenvalue weighted by Crippen LogP contribution is -2.47. The molecule has 0 fully saturated rings. The molecule has 6 heteroatoms. The van der Waals surface area contributed by atoms with Gasteiger partial charge in [0.1, 0.15) is 0 Å². The third-order valence-corrected chi connectivity index (χ3v) is 4.75. The van der Waals surface area contributed by atoms with Crippen LogP contribution in [0.1, 0.15) is 18.1 Å². The summed E-state index contributed by atoms with van der Waals surface area (Å²) in [4.78, 5) is 0. The molecular formula is C12H18N2O3S. The molecule has 5 nitrogen and oxygen atoms in total. The second-order valence-electron chi connectivity index (χ2n) is 4.56. The zero-order chi connectivity index (χ0) is 13.2. The third kappa shape index (κ3) is 2.89. The summed E-state index contributed by atoms with van der Waals surface area (Å²) in [6.07, 6.45) is 0.727. The summed E-state index contributed by atoms with van der Waals surface area (Å²) in [5.74, 6) is 0. The van der Waals surface area contributed by atoms with E-state index in [4.69, 9.17) is 5.11 Å². The first-order chi connectivity index (χ1) is 8.53. The average molecular weight is 270 g/mol. The predicted octanol–water partition coefficient (Wildman–Crippen LogP) is 0.260. The minimum atomic E-state index is -3.51. The van der Waals surface area contributed by atoms with Crippen LogP contribution in [-0.4, -0.2) is 37.0 Å². The molecule has 100 valence electrons. The molecule has 1 aliphatic rings. The predicted molar refractivity (Wildman–Crippen MR) is 69.2 cm³/mol. The minimum absolute atomic E-state index is 0.205. The fourth-order valence-corrected chi connectivity index (χ4v) is 3.41. The normalized spacial score (nSPS) is 18.3. The molecule has 2 N–H and O–H groups in total. The van der Waals surface area contributed by atoms with Gasteiger partial charge in [-0.1, -0.05) is 24.3 Å². The van der Waals surface area contributed by atoms with Crippen molar-refractivity contribution in [2.45, 2.75) is 25.9 Å². The summed E-state index contributed by atoms with van der Waals surface area (Å²) < 4.78 is 28.0. The number of nitrogens with zero attached hydrogens (tertiary/aromatic N) is 1. The first-order valence-corrected chi connectivity index (χ1v) is 7.42. The van der Waals surface area contributed by atoms with Gasteiger partial charge in [0.05, 0.1) is 6.61 Å². The van der Waals surface area contributed by atoms with Gasteiger partial charge in [0.15, 0.2) is 0 Å². The lowest BCUT2D eigenvalue weighted by Gasteiger charge is -2.29. The van der Waals surface area contributed by atoms with Crippen molar-refractivity contribution in [1.29, 1.82) is 0 Å². The maximum atomic E-state index is 12.1. The fraction of sp³-hybridized carbons (Fsp3) is 0.500. The van der Waals surface area contributed by atoms with Crippen molar-refractivity contribution < 1.29 is 13.5 Å². The van der Waals surface area contributed by atoms with E-state index < -0.39 is 16.3 Å². The Morgan fingerprint density at radius 1 is 1.39 bits per heavy atom. The first-order valence-electron chi connectivity index (χ1n) is 5.98. The maximum Gasteiger partial charge on any atom is 0.280 e. The molecule has 1 atom stereocenters. The van der Waals surface area contributed by atoms with Crippen LogP contribution in [0.5, 0.6) is 0 Å². The molecule has 2 rings (SSSR count). The number of benzene rings is 1. The van der Waals surface area contributed by atoms with Crippen LogP contribution in [0.4, 0.5) is 0 Å². The molecular weight excluding hydrogens is 252 g/mol. The van der Waals surface area contributed by atoms with Crippen molar-refractivity contribution in [1.82, 2.24) is 9.03 Å². The molecule has 1 aromatic rings. The molecule has 0 unspecified atom stereocenters. The second kappa shape index (κ2) is 5.36. The van der Waals surface area contributed by atoms with Gasteiger partial charge in [-0.25, -0.2) is 0 Å². The monoisotopic (exact) mass is 270 g/mol. The Kier molecular flexibility index (Phi) is 4.01. The summed E-state index contributed by atoms with van der Waals surface area (Å²) in [6, 6.07) is 7.40. The fourth-order valence-electron chi connectivity index (χ4n) is 2.04. The summed E-state index contributed by atoms with van der Waals surface area (Å²) in [5.41, 5.74) is 2.25. The van der Waals surface area contributed by atoms with E-state index in [1.165, 1.54) is 9.87 Å². The highest BCUT2D eigenvalue weighted by Gasteiger charge is 2.27. The summed E-state index contributed by atoms with van der Waals surface area (Å²) >= 11 is 0. The van der Waals surface area contributed by atoms with Crippen molar-refractivity contribution >= 4 is 10.2 Å². The Morgan fingerprint density at radius 3 is 2.72 bits per heavy atom. The molecule has 0 aliphatic carbocycles. The zero-order valence-corrected chi connectivity index (χ0v) is 11.2. The molecule has 0 bridgehead atoms. The van der Waals surface area contributed by atoms with Crippen LogP contribution >= 0.6 is 0 Å². The van der Waals surface area contributed by atoms with E-state index in [0.717, 1.165) is 12.0 Å². The van der Waals surface area contributed by atoms with Crippen LogP contribution in [0.25, 0.3) is 0 Å². The molecule has 0 radical (unpaired) electrons. The van der Waals surface area contributed by atoms with Gasteiger partial charge >= 0.3 is 0 Å². The van der Waals surface area contributed by atoms with Gasteiger partial charge in [0.2, 0.25) is 0 Å². The van der Waals surface area contributed by atoms with E-state index in [9.17, 15) is 8.42 Å². The Morgan fingerprint density at radius 2 is 2.06 bits per heavy atom. The number of rotatable bonds is 4. The van der Waals surface area contributed by atoms with Crippen molar-refractivity contribution in [3.8, 4) is 0 Å². The van der Waals surface area contributed by atoms with Gasteiger partial charge in [0, 0.05) is 19.1 Å². The van der Waals surface area contributed by atoms with Crippen LogP contribution in [0.15, 0.2) is 24.3 Å². The first kappa shape index (κ1) is 13.5. The van der Waals surface area contributed by atoms with Gasteiger partial charge in [-0.3, -0.25) is 0 Å². The van der Waals surface area contributed by atoms with E-state index in [-0.39, 0.29) is 6.61 Å². The number of hydrogen-bond acceptors (Lipinski definition) is 3. The average Bonchev–Trinajstić information content (AvgIpc) is 2.37. The van der Waals surface area contributed by atoms with Crippen LogP contribution in [0, 0.1) is 0 Å². The van der Waals surface area contributed by atoms with Crippen LogP contribution < -0.4 is 4.72 Å². The van der Waals surface area contributed by atoms with Crippen molar-refractivity contribution in [3.63, 3.8) is 0 Å². The number of aliphatic hydroxyl groups is 1. The topological polar surface area (TPSA) is 69.6 Å². The Balaban J connectivity index is 2.13. The molecule has 1 heterocycles. The highest BCUT2D eigenvalue weighted by molar-refractivity contribution is 7.87. The van der Waals surface area contributed by atoms with E-state index in [1.807, 2.05) is 24.3 Å². The van der Waals surface area contributed by atoms with E-state index >= 15 is 0 Å². The molecule has 18 heavy (non-hydrogen) atoms. The number of nitrogens with one attached hydrogen (secondary N) is 1. The van der Waals surface area contributed by atoms with E-state index in [0.29, 0.717) is 13.1 Å². The quantitative estimate of drug-likeness (QED) is 0.824. The molecule has 0 amide bonds. The van der Waals surface area contributed by atoms with Gasteiger partial charge in [-0.2, -0.15) is 17.4 Å². The largest absolute Gasteiger partial charge is 0.395 e. The van der Waals surface area contributed by atoms with Crippen LogP contribution in [-0.2, 0) is 23.2 Å². The molecule has 1 aliphatic heterocycles. The Hall–Kier alpha value is -0.950. The summed E-state index contributed by atoms with van der Waals surface area (Å²) in [7, 11) is -3.51. The maximum absolute atomic E-state index is 12.1. The third-order valence-electron chi connectivity index (χ3n) is 3.06. The van der Waals surface area contributed by atoms with Gasteiger partial charge in [-0.15, -0.1) is 0 Å².